The lowest BCUT2D eigenvalue weighted by atomic mass is 9.48. The Kier molecular flexibility index (Phi) is 5.68. The Balaban J connectivity index is 1.40. The van der Waals surface area contributed by atoms with E-state index >= 15 is 0 Å². The second-order valence-electron chi connectivity index (χ2n) is 11.4. The molecule has 4 nitrogen and oxygen atoms in total. The van der Waals surface area contributed by atoms with E-state index in [0.29, 0.717) is 37.0 Å². The van der Waals surface area contributed by atoms with Gasteiger partial charge in [-0.3, -0.25) is 4.79 Å². The minimum absolute atomic E-state index is 0.0134. The first-order valence-electron chi connectivity index (χ1n) is 11.8. The number of halogens is 2. The van der Waals surface area contributed by atoms with E-state index in [1.807, 2.05) is 0 Å². The standard InChI is InChI=1S/C24H36F2O4/c1-15(2)18-4-6-19(7-5-18)20(27)30-24-11-16-8-17(12-24)10-23(9-16,13-24)14-29-21(28)22(3,25)26/h15-19H,4-14H2,1-3H3. The molecule has 0 heterocycles. The SMILES string of the molecule is CC(C)C1CCC(C(=O)OC23CC4CC(CC(COC(=O)C(C)(F)F)(C4)C2)C3)CC1. The van der Waals surface area contributed by atoms with Crippen molar-refractivity contribution in [3.8, 4) is 0 Å². The van der Waals surface area contributed by atoms with Gasteiger partial charge in [-0.2, -0.15) is 8.78 Å². The fourth-order valence-corrected chi connectivity index (χ4v) is 7.32. The molecule has 0 saturated heterocycles. The van der Waals surface area contributed by atoms with Gasteiger partial charge in [0, 0.05) is 12.3 Å². The number of esters is 2. The summed E-state index contributed by atoms with van der Waals surface area (Å²) in [7, 11) is 0. The fourth-order valence-electron chi connectivity index (χ4n) is 7.32. The third-order valence-electron chi connectivity index (χ3n) is 8.36. The monoisotopic (exact) mass is 426 g/mol. The van der Waals surface area contributed by atoms with Crippen LogP contribution in [0.5, 0.6) is 0 Å². The van der Waals surface area contributed by atoms with Crippen molar-refractivity contribution in [2.45, 2.75) is 96.5 Å². The Hall–Kier alpha value is -1.20. The molecule has 0 aliphatic heterocycles. The smallest absolute Gasteiger partial charge is 0.376 e. The number of hydrogen-bond donors (Lipinski definition) is 0. The van der Waals surface area contributed by atoms with Crippen LogP contribution in [0.15, 0.2) is 0 Å². The van der Waals surface area contributed by atoms with E-state index in [-0.39, 0.29) is 23.9 Å². The molecule has 0 aromatic rings. The van der Waals surface area contributed by atoms with Crippen LogP contribution in [0.25, 0.3) is 0 Å². The maximum atomic E-state index is 13.3. The van der Waals surface area contributed by atoms with E-state index in [9.17, 15) is 18.4 Å². The van der Waals surface area contributed by atoms with Gasteiger partial charge in [0.25, 0.3) is 0 Å². The lowest BCUT2D eigenvalue weighted by Gasteiger charge is -2.61. The zero-order valence-corrected chi connectivity index (χ0v) is 18.6. The minimum Gasteiger partial charge on any atom is -0.461 e. The quantitative estimate of drug-likeness (QED) is 0.524. The van der Waals surface area contributed by atoms with E-state index in [1.165, 1.54) is 0 Å². The van der Waals surface area contributed by atoms with Gasteiger partial charge in [-0.25, -0.2) is 4.79 Å². The summed E-state index contributed by atoms with van der Waals surface area (Å²) in [5.41, 5.74) is -0.808. The summed E-state index contributed by atoms with van der Waals surface area (Å²) in [6.07, 6.45) is 9.22. The molecule has 4 bridgehead atoms. The first-order valence-corrected chi connectivity index (χ1v) is 11.8. The van der Waals surface area contributed by atoms with Crippen molar-refractivity contribution in [1.82, 2.24) is 0 Å². The molecule has 2 atom stereocenters. The second-order valence-corrected chi connectivity index (χ2v) is 11.4. The molecule has 0 aromatic heterocycles. The number of rotatable bonds is 6. The highest BCUT2D eigenvalue weighted by atomic mass is 19.3. The molecule has 6 heteroatoms. The van der Waals surface area contributed by atoms with Crippen molar-refractivity contribution in [2.24, 2.45) is 35.0 Å². The highest BCUT2D eigenvalue weighted by Gasteiger charge is 2.60. The summed E-state index contributed by atoms with van der Waals surface area (Å²) in [6, 6.07) is 0. The highest BCUT2D eigenvalue weighted by Crippen LogP contribution is 2.63. The molecule has 0 aromatic carbocycles. The molecule has 0 spiro atoms. The van der Waals surface area contributed by atoms with Crippen LogP contribution in [0.3, 0.4) is 0 Å². The van der Waals surface area contributed by atoms with Gasteiger partial charge in [0.05, 0.1) is 12.5 Å². The first kappa shape index (κ1) is 22.0. The largest absolute Gasteiger partial charge is 0.461 e. The second kappa shape index (κ2) is 7.74. The fraction of sp³-hybridized carbons (Fsp3) is 0.917. The lowest BCUT2D eigenvalue weighted by molar-refractivity contribution is -0.217. The van der Waals surface area contributed by atoms with Crippen LogP contribution in [0.1, 0.15) is 85.0 Å². The maximum absolute atomic E-state index is 13.3. The van der Waals surface area contributed by atoms with Crippen LogP contribution in [0, 0.1) is 35.0 Å². The van der Waals surface area contributed by atoms with Gasteiger partial charge in [-0.1, -0.05) is 13.8 Å². The van der Waals surface area contributed by atoms with Gasteiger partial charge >= 0.3 is 17.9 Å². The Bertz CT molecular complexity index is 661. The van der Waals surface area contributed by atoms with Crippen LogP contribution in [0.4, 0.5) is 8.78 Å². The van der Waals surface area contributed by atoms with E-state index < -0.39 is 17.5 Å². The molecule has 5 aliphatic carbocycles. The van der Waals surface area contributed by atoms with Gasteiger partial charge in [-0.05, 0) is 87.9 Å². The third-order valence-corrected chi connectivity index (χ3v) is 8.36. The minimum atomic E-state index is -3.47. The van der Waals surface area contributed by atoms with Crippen molar-refractivity contribution in [3.63, 3.8) is 0 Å². The van der Waals surface area contributed by atoms with Crippen molar-refractivity contribution < 1.29 is 27.8 Å². The third kappa shape index (κ3) is 4.38. The van der Waals surface area contributed by atoms with Crippen molar-refractivity contribution in [1.29, 1.82) is 0 Å². The average molecular weight is 427 g/mol. The Morgan fingerprint density at radius 2 is 1.63 bits per heavy atom. The predicted octanol–water partition coefficient (Wildman–Crippen LogP) is 5.53. The van der Waals surface area contributed by atoms with Crippen LogP contribution < -0.4 is 0 Å². The Labute approximate surface area is 178 Å². The molecule has 5 rings (SSSR count). The number of carbonyl (C=O) groups is 2. The summed E-state index contributed by atoms with van der Waals surface area (Å²) in [6.45, 7) is 5.09. The van der Waals surface area contributed by atoms with Crippen LogP contribution in [-0.4, -0.2) is 30.1 Å². The molecule has 30 heavy (non-hydrogen) atoms. The van der Waals surface area contributed by atoms with E-state index in [0.717, 1.165) is 57.8 Å². The first-order chi connectivity index (χ1) is 14.0. The van der Waals surface area contributed by atoms with Crippen molar-refractivity contribution in [2.75, 3.05) is 6.61 Å². The van der Waals surface area contributed by atoms with Crippen LogP contribution in [0.2, 0.25) is 0 Å². The van der Waals surface area contributed by atoms with Crippen molar-refractivity contribution >= 4 is 11.9 Å². The highest BCUT2D eigenvalue weighted by molar-refractivity contribution is 5.77. The molecular weight excluding hydrogens is 390 g/mol. The normalized spacial score (nSPS) is 40.5. The maximum Gasteiger partial charge on any atom is 0.376 e. The zero-order valence-electron chi connectivity index (χ0n) is 18.6. The molecule has 5 fully saturated rings. The predicted molar refractivity (Wildman–Crippen MR) is 108 cm³/mol. The van der Waals surface area contributed by atoms with Crippen LogP contribution in [-0.2, 0) is 19.1 Å². The lowest BCUT2D eigenvalue weighted by Crippen LogP contribution is -2.59. The molecule has 170 valence electrons. The topological polar surface area (TPSA) is 52.6 Å². The summed E-state index contributed by atoms with van der Waals surface area (Å²) in [5, 5.41) is 0. The Morgan fingerprint density at radius 1 is 1.03 bits per heavy atom. The van der Waals surface area contributed by atoms with Gasteiger partial charge in [-0.15, -0.1) is 0 Å². The van der Waals surface area contributed by atoms with E-state index in [2.05, 4.69) is 13.8 Å². The molecular formula is C24H36F2O4. The molecule has 0 N–H and O–H groups in total. The Morgan fingerprint density at radius 3 is 2.17 bits per heavy atom. The molecule has 0 amide bonds. The number of hydrogen-bond acceptors (Lipinski definition) is 4. The molecule has 0 radical (unpaired) electrons. The van der Waals surface area contributed by atoms with Gasteiger partial charge in [0.15, 0.2) is 0 Å². The van der Waals surface area contributed by atoms with Gasteiger partial charge < -0.3 is 9.47 Å². The summed E-state index contributed by atoms with van der Waals surface area (Å²) < 4.78 is 37.8. The number of carbonyl (C=O) groups excluding carboxylic acids is 2. The average Bonchev–Trinajstić information content (AvgIpc) is 2.64. The van der Waals surface area contributed by atoms with E-state index in [1.54, 1.807) is 0 Å². The van der Waals surface area contributed by atoms with Gasteiger partial charge in [0.1, 0.15) is 5.60 Å². The molecule has 5 saturated carbocycles. The zero-order chi connectivity index (χ0) is 21.7. The summed E-state index contributed by atoms with van der Waals surface area (Å²) in [5.74, 6) is -2.79. The number of ether oxygens (including phenoxy) is 2. The van der Waals surface area contributed by atoms with E-state index in [4.69, 9.17) is 9.47 Å². The van der Waals surface area contributed by atoms with Crippen molar-refractivity contribution in [3.05, 3.63) is 0 Å². The number of alkyl halides is 2. The van der Waals surface area contributed by atoms with Gasteiger partial charge in [0.2, 0.25) is 0 Å². The molecule has 5 aliphatic rings. The summed E-state index contributed by atoms with van der Waals surface area (Å²) >= 11 is 0. The molecule has 2 unspecified atom stereocenters. The summed E-state index contributed by atoms with van der Waals surface area (Å²) in [4.78, 5) is 24.7. The van der Waals surface area contributed by atoms with Crippen LogP contribution >= 0.6 is 0 Å².